The second-order valence-electron chi connectivity index (χ2n) is 5.33. The van der Waals surface area contributed by atoms with Crippen molar-refractivity contribution in [3.8, 4) is 17.2 Å². The maximum atomic E-state index is 10.3. The highest BCUT2D eigenvalue weighted by Crippen LogP contribution is 2.41. The first-order chi connectivity index (χ1) is 9.81. The smallest absolute Gasteiger partial charge is 0.231 e. The lowest BCUT2D eigenvalue weighted by atomic mass is 10.0. The molecule has 106 valence electrons. The zero-order valence-electron chi connectivity index (χ0n) is 11.1. The molecule has 2 aromatic carbocycles. The highest BCUT2D eigenvalue weighted by molar-refractivity contribution is 6.09. The number of nitrogens with zero attached hydrogens (tertiary/aromatic N) is 1. The molecule has 5 rings (SSSR count). The Bertz CT molecular complexity index is 907. The van der Waals surface area contributed by atoms with E-state index < -0.39 is 0 Å². The Morgan fingerprint density at radius 1 is 1.10 bits per heavy atom. The average Bonchev–Trinajstić information content (AvgIpc) is 3.06. The highest BCUT2D eigenvalue weighted by Gasteiger charge is 2.27. The number of hydrogen-bond donors (Lipinski definition) is 1. The number of hydrogen-bond acceptors (Lipinski definition) is 3. The van der Waals surface area contributed by atoms with Gasteiger partial charge in [-0.1, -0.05) is 0 Å². The van der Waals surface area contributed by atoms with Crippen molar-refractivity contribution < 1.29 is 31.6 Å². The van der Waals surface area contributed by atoms with Crippen LogP contribution in [0.4, 0.5) is 0 Å². The van der Waals surface area contributed by atoms with Crippen LogP contribution in [-0.4, -0.2) is 11.9 Å². The van der Waals surface area contributed by atoms with E-state index in [1.165, 1.54) is 5.56 Å². The molecule has 0 radical (unpaired) electrons. The van der Waals surface area contributed by atoms with Crippen LogP contribution in [0.5, 0.6) is 17.2 Å². The van der Waals surface area contributed by atoms with E-state index in [1.54, 1.807) is 6.07 Å². The summed E-state index contributed by atoms with van der Waals surface area (Å²) in [5.41, 5.74) is 2.42. The molecule has 1 aromatic heterocycles. The molecule has 21 heavy (non-hydrogen) atoms. The molecule has 3 aromatic rings. The molecular formula is C16H12ClNO3. The molecular weight excluding hydrogens is 290 g/mol. The van der Waals surface area contributed by atoms with Gasteiger partial charge in [-0.2, -0.15) is 4.57 Å². The molecule has 4 nitrogen and oxygen atoms in total. The maximum Gasteiger partial charge on any atom is 0.231 e. The van der Waals surface area contributed by atoms with Gasteiger partial charge in [-0.25, -0.2) is 0 Å². The number of aromatic nitrogens is 1. The molecule has 0 saturated heterocycles. The van der Waals surface area contributed by atoms with Gasteiger partial charge in [-0.3, -0.25) is 0 Å². The third-order valence-electron chi connectivity index (χ3n) is 4.26. The lowest BCUT2D eigenvalue weighted by Gasteiger charge is -2.05. The van der Waals surface area contributed by atoms with Crippen LogP contribution in [0.3, 0.4) is 0 Å². The Hall–Kier alpha value is -2.20. The first kappa shape index (κ1) is 12.5. The van der Waals surface area contributed by atoms with Crippen LogP contribution < -0.4 is 26.4 Å². The number of halogens is 1. The summed E-state index contributed by atoms with van der Waals surface area (Å²) in [6, 6.07) is 7.77. The Kier molecular flexibility index (Phi) is 2.48. The van der Waals surface area contributed by atoms with Crippen molar-refractivity contribution >= 4 is 21.7 Å². The van der Waals surface area contributed by atoms with Crippen LogP contribution >= 0.6 is 0 Å². The van der Waals surface area contributed by atoms with Crippen molar-refractivity contribution in [2.24, 2.45) is 0 Å². The average molecular weight is 302 g/mol. The SMILES string of the molecule is Oc1ccc2c3c1c1cc4c(cc1c[n+]3CC2)OCO4.[Cl-]. The van der Waals surface area contributed by atoms with Gasteiger partial charge < -0.3 is 27.0 Å². The van der Waals surface area contributed by atoms with Crippen molar-refractivity contribution in [1.29, 1.82) is 0 Å². The van der Waals surface area contributed by atoms with E-state index in [0.29, 0.717) is 5.75 Å². The Morgan fingerprint density at radius 2 is 1.90 bits per heavy atom. The van der Waals surface area contributed by atoms with Crippen LogP contribution in [0, 0.1) is 0 Å². The minimum Gasteiger partial charge on any atom is -1.00 e. The lowest BCUT2D eigenvalue weighted by Crippen LogP contribution is -3.00. The van der Waals surface area contributed by atoms with Gasteiger partial charge in [0.05, 0.1) is 10.8 Å². The molecule has 2 aliphatic rings. The molecule has 0 amide bonds. The molecule has 0 atom stereocenters. The molecule has 0 bridgehead atoms. The Labute approximate surface area is 126 Å². The normalized spacial score (nSPS) is 14.7. The zero-order valence-corrected chi connectivity index (χ0v) is 11.9. The number of phenolic OH excluding ortho intramolecular Hbond substituents is 1. The topological polar surface area (TPSA) is 42.6 Å². The monoisotopic (exact) mass is 301 g/mol. The molecule has 0 spiro atoms. The number of benzene rings is 2. The number of fused-ring (bicyclic) bond motifs is 3. The van der Waals surface area contributed by atoms with Crippen LogP contribution in [0.25, 0.3) is 21.7 Å². The fourth-order valence-corrected chi connectivity index (χ4v) is 3.35. The minimum atomic E-state index is 0. The second kappa shape index (κ2) is 4.15. The number of pyridine rings is 1. The Balaban J connectivity index is 0.00000115. The van der Waals surface area contributed by atoms with Gasteiger partial charge in [0.15, 0.2) is 24.2 Å². The third-order valence-corrected chi connectivity index (χ3v) is 4.26. The molecule has 1 N–H and O–H groups in total. The number of aryl methyl sites for hydroxylation is 2. The number of aromatic hydroxyl groups is 1. The standard InChI is InChI=1S/C16H11NO3.ClH/c18-12-2-1-9-3-4-17-7-10-5-13-14(20-8-19-13)6-11(10)15(12)16(9)17;/h1-2,5-7H,3-4,8H2;1H. The Morgan fingerprint density at radius 3 is 2.76 bits per heavy atom. The van der Waals surface area contributed by atoms with Crippen molar-refractivity contribution in [3.63, 3.8) is 0 Å². The number of ether oxygens (including phenoxy) is 2. The molecule has 0 unspecified atom stereocenters. The van der Waals surface area contributed by atoms with Crippen LogP contribution in [0.1, 0.15) is 5.56 Å². The predicted molar refractivity (Wildman–Crippen MR) is 73.1 cm³/mol. The summed E-state index contributed by atoms with van der Waals surface area (Å²) in [7, 11) is 0. The summed E-state index contributed by atoms with van der Waals surface area (Å²) in [5, 5.41) is 13.3. The highest BCUT2D eigenvalue weighted by atomic mass is 35.5. The number of phenols is 1. The fourth-order valence-electron chi connectivity index (χ4n) is 3.35. The van der Waals surface area contributed by atoms with Crippen LogP contribution in [0.15, 0.2) is 30.5 Å². The van der Waals surface area contributed by atoms with E-state index in [-0.39, 0.29) is 19.2 Å². The summed E-state index contributed by atoms with van der Waals surface area (Å²) >= 11 is 0. The quantitative estimate of drug-likeness (QED) is 0.440. The van der Waals surface area contributed by atoms with Gasteiger partial charge in [0.1, 0.15) is 5.75 Å². The molecule has 2 aliphatic heterocycles. The summed E-state index contributed by atoms with van der Waals surface area (Å²) in [5.74, 6) is 1.85. The van der Waals surface area contributed by atoms with E-state index >= 15 is 0 Å². The number of rotatable bonds is 0. The lowest BCUT2D eigenvalue weighted by molar-refractivity contribution is -0.662. The van der Waals surface area contributed by atoms with E-state index in [4.69, 9.17) is 9.47 Å². The van der Waals surface area contributed by atoms with Crippen LogP contribution in [-0.2, 0) is 13.0 Å². The summed E-state index contributed by atoms with van der Waals surface area (Å²) in [6.07, 6.45) is 3.15. The van der Waals surface area contributed by atoms with E-state index in [0.717, 1.165) is 46.1 Å². The van der Waals surface area contributed by atoms with Gasteiger partial charge in [-0.05, 0) is 24.3 Å². The molecule has 5 heteroatoms. The van der Waals surface area contributed by atoms with E-state index in [9.17, 15) is 5.11 Å². The van der Waals surface area contributed by atoms with Gasteiger partial charge in [0, 0.05) is 17.4 Å². The molecule has 0 saturated carbocycles. The third kappa shape index (κ3) is 1.54. The van der Waals surface area contributed by atoms with Crippen molar-refractivity contribution in [1.82, 2.24) is 0 Å². The maximum absolute atomic E-state index is 10.3. The van der Waals surface area contributed by atoms with E-state index in [1.807, 2.05) is 18.2 Å². The fraction of sp³-hybridized carbons (Fsp3) is 0.188. The summed E-state index contributed by atoms with van der Waals surface area (Å²) < 4.78 is 13.1. The van der Waals surface area contributed by atoms with Gasteiger partial charge in [-0.15, -0.1) is 0 Å². The predicted octanol–water partition coefficient (Wildman–Crippen LogP) is -0.725. The molecule has 3 heterocycles. The van der Waals surface area contributed by atoms with Gasteiger partial charge in [0.2, 0.25) is 12.3 Å². The minimum absolute atomic E-state index is 0. The largest absolute Gasteiger partial charge is 1.00 e. The first-order valence-corrected chi connectivity index (χ1v) is 6.71. The van der Waals surface area contributed by atoms with Crippen LogP contribution in [0.2, 0.25) is 0 Å². The summed E-state index contributed by atoms with van der Waals surface area (Å²) in [4.78, 5) is 0. The summed E-state index contributed by atoms with van der Waals surface area (Å²) in [6.45, 7) is 1.22. The van der Waals surface area contributed by atoms with Gasteiger partial charge in [0.25, 0.3) is 0 Å². The van der Waals surface area contributed by atoms with Crippen molar-refractivity contribution in [3.05, 3.63) is 36.0 Å². The first-order valence-electron chi connectivity index (χ1n) is 6.71. The molecule has 0 aliphatic carbocycles. The van der Waals surface area contributed by atoms with Crippen molar-refractivity contribution in [2.75, 3.05) is 6.79 Å². The van der Waals surface area contributed by atoms with E-state index in [2.05, 4.69) is 10.8 Å². The second-order valence-corrected chi connectivity index (χ2v) is 5.33. The zero-order chi connectivity index (χ0) is 13.3. The van der Waals surface area contributed by atoms with Crippen molar-refractivity contribution in [2.45, 2.75) is 13.0 Å². The van der Waals surface area contributed by atoms with Gasteiger partial charge >= 0.3 is 0 Å². The molecule has 0 fully saturated rings.